The smallest absolute Gasteiger partial charge is 0.127 e. The fourth-order valence-electron chi connectivity index (χ4n) is 1.93. The molecule has 0 aromatic heterocycles. The second-order valence-electron chi connectivity index (χ2n) is 4.15. The molecule has 0 heterocycles. The zero-order chi connectivity index (χ0) is 10.2. The van der Waals surface area contributed by atoms with Gasteiger partial charge in [0.1, 0.15) is 5.82 Å². The second-order valence-corrected chi connectivity index (χ2v) is 4.15. The summed E-state index contributed by atoms with van der Waals surface area (Å²) in [4.78, 5) is 0. The van der Waals surface area contributed by atoms with Crippen molar-refractivity contribution in [2.24, 2.45) is 5.73 Å². The van der Waals surface area contributed by atoms with Gasteiger partial charge in [-0.15, -0.1) is 0 Å². The highest BCUT2D eigenvalue weighted by Gasteiger charge is 2.44. The van der Waals surface area contributed by atoms with E-state index in [9.17, 15) is 4.39 Å². The fourth-order valence-corrected chi connectivity index (χ4v) is 1.93. The van der Waals surface area contributed by atoms with Crippen molar-refractivity contribution in [2.75, 3.05) is 6.54 Å². The Morgan fingerprint density at radius 3 is 2.64 bits per heavy atom. The number of rotatable bonds is 3. The van der Waals surface area contributed by atoms with E-state index in [4.69, 9.17) is 5.73 Å². The molecule has 2 heteroatoms. The minimum Gasteiger partial charge on any atom is -0.330 e. The van der Waals surface area contributed by atoms with Gasteiger partial charge in [0.25, 0.3) is 0 Å². The van der Waals surface area contributed by atoms with Gasteiger partial charge in [-0.2, -0.15) is 0 Å². The van der Waals surface area contributed by atoms with E-state index < -0.39 is 0 Å². The SMILES string of the molecule is CCc1ccc(F)c(C2(CN)CC2)c1. The highest BCUT2D eigenvalue weighted by molar-refractivity contribution is 5.36. The van der Waals surface area contributed by atoms with Crippen LogP contribution in [0.1, 0.15) is 30.9 Å². The van der Waals surface area contributed by atoms with Crippen LogP contribution in [0.2, 0.25) is 0 Å². The summed E-state index contributed by atoms with van der Waals surface area (Å²) in [6.45, 7) is 2.65. The Labute approximate surface area is 84.1 Å². The molecule has 1 aromatic carbocycles. The standard InChI is InChI=1S/C12H16FN/c1-2-9-3-4-11(13)10(7-9)12(8-14)5-6-12/h3-4,7H,2,5-6,8,14H2,1H3. The van der Waals surface area contributed by atoms with Crippen molar-refractivity contribution in [3.63, 3.8) is 0 Å². The Kier molecular flexibility index (Phi) is 2.31. The molecule has 2 rings (SSSR count). The van der Waals surface area contributed by atoms with Gasteiger partial charge in [-0.05, 0) is 36.5 Å². The Balaban J connectivity index is 2.41. The summed E-state index contributed by atoms with van der Waals surface area (Å²) in [6.07, 6.45) is 3.02. The Morgan fingerprint density at radius 2 is 2.14 bits per heavy atom. The first-order valence-corrected chi connectivity index (χ1v) is 5.21. The van der Waals surface area contributed by atoms with Crippen LogP contribution < -0.4 is 5.73 Å². The molecular formula is C12H16FN. The van der Waals surface area contributed by atoms with Crippen LogP contribution >= 0.6 is 0 Å². The average Bonchev–Trinajstić information content (AvgIpc) is 2.99. The molecule has 0 saturated heterocycles. The highest BCUT2D eigenvalue weighted by Crippen LogP contribution is 2.48. The number of hydrogen-bond donors (Lipinski definition) is 1. The van der Waals surface area contributed by atoms with Crippen LogP contribution in [0.3, 0.4) is 0 Å². The Morgan fingerprint density at radius 1 is 1.43 bits per heavy atom. The van der Waals surface area contributed by atoms with Crippen molar-refractivity contribution in [3.8, 4) is 0 Å². The number of hydrogen-bond acceptors (Lipinski definition) is 1. The van der Waals surface area contributed by atoms with E-state index >= 15 is 0 Å². The third kappa shape index (κ3) is 1.44. The minimum absolute atomic E-state index is 0.0325. The second kappa shape index (κ2) is 3.35. The summed E-state index contributed by atoms with van der Waals surface area (Å²) >= 11 is 0. The lowest BCUT2D eigenvalue weighted by atomic mass is 9.93. The molecule has 2 N–H and O–H groups in total. The van der Waals surface area contributed by atoms with Crippen molar-refractivity contribution in [2.45, 2.75) is 31.6 Å². The summed E-state index contributed by atoms with van der Waals surface area (Å²) in [5.74, 6) is -0.0925. The molecule has 76 valence electrons. The van der Waals surface area contributed by atoms with E-state index in [2.05, 4.69) is 6.92 Å². The van der Waals surface area contributed by atoms with Gasteiger partial charge in [-0.25, -0.2) is 4.39 Å². The van der Waals surface area contributed by atoms with E-state index in [-0.39, 0.29) is 11.2 Å². The summed E-state index contributed by atoms with van der Waals surface area (Å²) in [5.41, 5.74) is 7.69. The lowest BCUT2D eigenvalue weighted by Gasteiger charge is -2.14. The quantitative estimate of drug-likeness (QED) is 0.783. The van der Waals surface area contributed by atoms with Crippen LogP contribution in [0.25, 0.3) is 0 Å². The molecule has 0 unspecified atom stereocenters. The molecule has 0 aliphatic heterocycles. The molecular weight excluding hydrogens is 177 g/mol. The third-order valence-corrected chi connectivity index (χ3v) is 3.25. The molecule has 14 heavy (non-hydrogen) atoms. The highest BCUT2D eigenvalue weighted by atomic mass is 19.1. The van der Waals surface area contributed by atoms with Gasteiger partial charge >= 0.3 is 0 Å². The Bertz CT molecular complexity index is 342. The van der Waals surface area contributed by atoms with Crippen molar-refractivity contribution in [3.05, 3.63) is 35.1 Å². The number of nitrogens with two attached hydrogens (primary N) is 1. The van der Waals surface area contributed by atoms with E-state index in [0.29, 0.717) is 6.54 Å². The van der Waals surface area contributed by atoms with Crippen LogP contribution in [-0.4, -0.2) is 6.54 Å². The van der Waals surface area contributed by atoms with E-state index in [1.807, 2.05) is 12.1 Å². The minimum atomic E-state index is -0.0925. The number of benzene rings is 1. The first-order valence-electron chi connectivity index (χ1n) is 5.21. The third-order valence-electron chi connectivity index (χ3n) is 3.25. The van der Waals surface area contributed by atoms with Gasteiger partial charge in [-0.1, -0.05) is 19.1 Å². The first-order chi connectivity index (χ1) is 6.72. The van der Waals surface area contributed by atoms with Crippen molar-refractivity contribution < 1.29 is 4.39 Å². The van der Waals surface area contributed by atoms with Gasteiger partial charge in [0, 0.05) is 12.0 Å². The van der Waals surface area contributed by atoms with E-state index in [0.717, 1.165) is 24.8 Å². The van der Waals surface area contributed by atoms with Crippen LogP contribution in [0.5, 0.6) is 0 Å². The summed E-state index contributed by atoms with van der Waals surface area (Å²) in [5, 5.41) is 0. The maximum absolute atomic E-state index is 13.6. The number of aryl methyl sites for hydroxylation is 1. The molecule has 1 saturated carbocycles. The van der Waals surface area contributed by atoms with Gasteiger partial charge in [0.15, 0.2) is 0 Å². The molecule has 1 aliphatic rings. The van der Waals surface area contributed by atoms with Gasteiger partial charge < -0.3 is 5.73 Å². The molecule has 0 amide bonds. The fraction of sp³-hybridized carbons (Fsp3) is 0.500. The topological polar surface area (TPSA) is 26.0 Å². The van der Waals surface area contributed by atoms with Crippen LogP contribution in [0.15, 0.2) is 18.2 Å². The van der Waals surface area contributed by atoms with Crippen molar-refractivity contribution in [1.82, 2.24) is 0 Å². The predicted molar refractivity (Wildman–Crippen MR) is 55.7 cm³/mol. The van der Waals surface area contributed by atoms with Crippen LogP contribution in [0.4, 0.5) is 4.39 Å². The average molecular weight is 193 g/mol. The van der Waals surface area contributed by atoms with Crippen molar-refractivity contribution in [1.29, 1.82) is 0 Å². The Hall–Kier alpha value is -0.890. The molecule has 0 radical (unpaired) electrons. The first kappa shape index (κ1) is 9.66. The van der Waals surface area contributed by atoms with Crippen LogP contribution in [0, 0.1) is 5.82 Å². The molecule has 1 fully saturated rings. The summed E-state index contributed by atoms with van der Waals surface area (Å²) in [7, 11) is 0. The molecule has 0 spiro atoms. The van der Waals surface area contributed by atoms with Gasteiger partial charge in [-0.3, -0.25) is 0 Å². The van der Waals surface area contributed by atoms with E-state index in [1.165, 1.54) is 5.56 Å². The number of halogens is 1. The van der Waals surface area contributed by atoms with Crippen LogP contribution in [-0.2, 0) is 11.8 Å². The lowest BCUT2D eigenvalue weighted by molar-refractivity contribution is 0.572. The molecule has 1 aliphatic carbocycles. The summed E-state index contributed by atoms with van der Waals surface area (Å²) in [6, 6.07) is 5.41. The van der Waals surface area contributed by atoms with Crippen molar-refractivity contribution >= 4 is 0 Å². The molecule has 0 bridgehead atoms. The maximum Gasteiger partial charge on any atom is 0.127 e. The maximum atomic E-state index is 13.6. The monoisotopic (exact) mass is 193 g/mol. The van der Waals surface area contributed by atoms with Gasteiger partial charge in [0.2, 0.25) is 0 Å². The lowest BCUT2D eigenvalue weighted by Crippen LogP contribution is -2.21. The van der Waals surface area contributed by atoms with Gasteiger partial charge in [0.05, 0.1) is 0 Å². The molecule has 0 atom stereocenters. The van der Waals surface area contributed by atoms with E-state index in [1.54, 1.807) is 6.07 Å². The molecule has 1 nitrogen and oxygen atoms in total. The predicted octanol–water partition coefficient (Wildman–Crippen LogP) is 2.38. The zero-order valence-electron chi connectivity index (χ0n) is 8.52. The normalized spacial score (nSPS) is 18.2. The summed E-state index contributed by atoms with van der Waals surface area (Å²) < 4.78 is 13.6. The molecule has 1 aromatic rings. The zero-order valence-corrected chi connectivity index (χ0v) is 8.52. The largest absolute Gasteiger partial charge is 0.330 e.